The lowest BCUT2D eigenvalue weighted by atomic mass is 10.0. The second-order valence-corrected chi connectivity index (χ2v) is 9.38. The number of carbonyl (C=O) groups is 1. The maximum atomic E-state index is 12.6. The Labute approximate surface area is 170 Å². The second kappa shape index (κ2) is 7.96. The molecule has 0 spiro atoms. The fourth-order valence-corrected chi connectivity index (χ4v) is 4.79. The summed E-state index contributed by atoms with van der Waals surface area (Å²) in [4.78, 5) is 21.7. The Morgan fingerprint density at radius 1 is 1.21 bits per heavy atom. The van der Waals surface area contributed by atoms with Crippen LogP contribution in [0.15, 0.2) is 54.9 Å². The van der Waals surface area contributed by atoms with Gasteiger partial charge in [-0.05, 0) is 30.2 Å². The second-order valence-electron chi connectivity index (χ2n) is 7.44. The lowest BCUT2D eigenvalue weighted by Gasteiger charge is -2.44. The topological polar surface area (TPSA) is 86.4 Å². The lowest BCUT2D eigenvalue weighted by molar-refractivity contribution is -0.137. The van der Waals surface area contributed by atoms with Crippen LogP contribution < -0.4 is 0 Å². The zero-order chi connectivity index (χ0) is 20.4. The van der Waals surface area contributed by atoms with Crippen molar-refractivity contribution >= 4 is 26.8 Å². The molecule has 29 heavy (non-hydrogen) atoms. The normalized spacial score (nSPS) is 15.0. The Hall–Kier alpha value is -2.71. The summed E-state index contributed by atoms with van der Waals surface area (Å²) < 4.78 is 25.9. The van der Waals surface area contributed by atoms with Crippen LogP contribution in [0.5, 0.6) is 0 Å². The monoisotopic (exact) mass is 412 g/mol. The highest BCUT2D eigenvalue weighted by Gasteiger charge is 2.38. The number of aryl methyl sites for hydroxylation is 1. The highest BCUT2D eigenvalue weighted by Crippen LogP contribution is 2.23. The van der Waals surface area contributed by atoms with Crippen LogP contribution in [-0.4, -0.2) is 58.9 Å². The van der Waals surface area contributed by atoms with Crippen LogP contribution in [0.1, 0.15) is 17.7 Å². The Bertz CT molecular complexity index is 1110. The van der Waals surface area contributed by atoms with Gasteiger partial charge in [-0.15, -0.1) is 0 Å². The quantitative estimate of drug-likeness (QED) is 0.644. The van der Waals surface area contributed by atoms with E-state index >= 15 is 0 Å². The zero-order valence-corrected chi connectivity index (χ0v) is 17.1. The molecular formula is C21H24N4O3S. The van der Waals surface area contributed by atoms with Crippen molar-refractivity contribution < 1.29 is 13.2 Å². The molecule has 2 aromatic heterocycles. The van der Waals surface area contributed by atoms with Gasteiger partial charge in [0.15, 0.2) is 0 Å². The highest BCUT2D eigenvalue weighted by atomic mass is 32.2. The molecule has 1 fully saturated rings. The number of pyridine rings is 1. The summed E-state index contributed by atoms with van der Waals surface area (Å²) in [6.07, 6.45) is 5.88. The van der Waals surface area contributed by atoms with Gasteiger partial charge in [-0.3, -0.25) is 9.78 Å². The summed E-state index contributed by atoms with van der Waals surface area (Å²) in [5.41, 5.74) is 2.89. The minimum atomic E-state index is -3.39. The number of H-pyrrole nitrogens is 1. The van der Waals surface area contributed by atoms with E-state index in [9.17, 15) is 13.2 Å². The SMILES string of the molecule is CS(=O)(=O)N(Cc1ccccn1)C1CN(C(=O)CCc2c[nH]c3ccccc23)C1. The first-order chi connectivity index (χ1) is 13.9. The van der Waals surface area contributed by atoms with Gasteiger partial charge in [-0.25, -0.2) is 8.42 Å². The van der Waals surface area contributed by atoms with Gasteiger partial charge in [-0.1, -0.05) is 24.3 Å². The first-order valence-electron chi connectivity index (χ1n) is 9.61. The molecule has 152 valence electrons. The number of carbonyl (C=O) groups excluding carboxylic acids is 1. The predicted molar refractivity (Wildman–Crippen MR) is 112 cm³/mol. The van der Waals surface area contributed by atoms with E-state index in [1.807, 2.05) is 36.5 Å². The van der Waals surface area contributed by atoms with Crippen molar-refractivity contribution in [2.75, 3.05) is 19.3 Å². The van der Waals surface area contributed by atoms with E-state index in [2.05, 4.69) is 9.97 Å². The number of hydrogen-bond acceptors (Lipinski definition) is 4. The molecule has 4 rings (SSSR count). The van der Waals surface area contributed by atoms with Crippen molar-refractivity contribution in [3.05, 3.63) is 66.1 Å². The van der Waals surface area contributed by atoms with E-state index in [0.717, 1.165) is 16.5 Å². The third-order valence-corrected chi connectivity index (χ3v) is 6.65. The van der Waals surface area contributed by atoms with Crippen molar-refractivity contribution in [1.29, 1.82) is 0 Å². The smallest absolute Gasteiger partial charge is 0.223 e. The molecule has 0 saturated carbocycles. The number of benzene rings is 1. The van der Waals surface area contributed by atoms with E-state index in [1.54, 1.807) is 23.2 Å². The number of fused-ring (bicyclic) bond motifs is 1. The maximum absolute atomic E-state index is 12.6. The molecule has 3 heterocycles. The summed E-state index contributed by atoms with van der Waals surface area (Å²) in [5, 5.41) is 1.14. The van der Waals surface area contributed by atoms with Crippen molar-refractivity contribution in [3.63, 3.8) is 0 Å². The van der Waals surface area contributed by atoms with Crippen molar-refractivity contribution in [3.8, 4) is 0 Å². The van der Waals surface area contributed by atoms with Crippen LogP contribution in [0, 0.1) is 0 Å². The maximum Gasteiger partial charge on any atom is 0.223 e. The number of rotatable bonds is 7. The Morgan fingerprint density at radius 2 is 1.97 bits per heavy atom. The summed E-state index contributed by atoms with van der Waals surface area (Å²) in [5.74, 6) is 0.0535. The fraction of sp³-hybridized carbons (Fsp3) is 0.333. The zero-order valence-electron chi connectivity index (χ0n) is 16.3. The number of likely N-dealkylation sites (tertiary alicyclic amines) is 1. The Kier molecular flexibility index (Phi) is 5.38. The van der Waals surface area contributed by atoms with E-state index in [-0.39, 0.29) is 18.5 Å². The van der Waals surface area contributed by atoms with Gasteiger partial charge in [-0.2, -0.15) is 4.31 Å². The average Bonchev–Trinajstić information content (AvgIpc) is 3.08. The van der Waals surface area contributed by atoms with Gasteiger partial charge in [0.1, 0.15) is 0 Å². The molecule has 0 bridgehead atoms. The summed E-state index contributed by atoms with van der Waals surface area (Å²) in [6.45, 7) is 1.07. The van der Waals surface area contributed by atoms with Crippen molar-refractivity contribution in [2.45, 2.75) is 25.4 Å². The van der Waals surface area contributed by atoms with Gasteiger partial charge in [0.25, 0.3) is 0 Å². The minimum absolute atomic E-state index is 0.0535. The number of amides is 1. The van der Waals surface area contributed by atoms with Crippen LogP contribution in [0.3, 0.4) is 0 Å². The fourth-order valence-electron chi connectivity index (χ4n) is 3.75. The minimum Gasteiger partial charge on any atom is -0.361 e. The molecule has 1 aliphatic heterocycles. The molecule has 0 radical (unpaired) electrons. The standard InChI is InChI=1S/C21H24N4O3S/c1-29(27,28)25(13-17-6-4-5-11-22-17)18-14-24(15-18)21(26)10-9-16-12-23-20-8-3-2-7-19(16)20/h2-8,11-12,18,23H,9-10,13-15H2,1H3. The van der Waals surface area contributed by atoms with E-state index in [1.165, 1.54) is 10.6 Å². The number of para-hydroxylation sites is 1. The van der Waals surface area contributed by atoms with E-state index in [4.69, 9.17) is 0 Å². The van der Waals surface area contributed by atoms with Gasteiger partial charge in [0, 0.05) is 42.8 Å². The molecule has 0 aliphatic carbocycles. The predicted octanol–water partition coefficient (Wildman–Crippen LogP) is 2.17. The average molecular weight is 413 g/mol. The highest BCUT2D eigenvalue weighted by molar-refractivity contribution is 7.88. The Balaban J connectivity index is 1.34. The van der Waals surface area contributed by atoms with Crippen LogP contribution in [-0.2, 0) is 27.8 Å². The molecular weight excluding hydrogens is 388 g/mol. The largest absolute Gasteiger partial charge is 0.361 e. The molecule has 8 heteroatoms. The number of nitrogens with zero attached hydrogens (tertiary/aromatic N) is 3. The third-order valence-electron chi connectivity index (χ3n) is 5.38. The molecule has 1 saturated heterocycles. The van der Waals surface area contributed by atoms with Crippen molar-refractivity contribution in [1.82, 2.24) is 19.2 Å². The number of sulfonamides is 1. The number of nitrogens with one attached hydrogen (secondary N) is 1. The van der Waals surface area contributed by atoms with Crippen LogP contribution >= 0.6 is 0 Å². The number of aromatic amines is 1. The number of aromatic nitrogens is 2. The van der Waals surface area contributed by atoms with Gasteiger partial charge >= 0.3 is 0 Å². The first-order valence-corrected chi connectivity index (χ1v) is 11.5. The third kappa shape index (κ3) is 4.33. The molecule has 0 atom stereocenters. The van der Waals surface area contributed by atoms with Gasteiger partial charge < -0.3 is 9.88 Å². The summed E-state index contributed by atoms with van der Waals surface area (Å²) in [6, 6.07) is 13.3. The number of hydrogen-bond donors (Lipinski definition) is 1. The molecule has 1 aromatic carbocycles. The van der Waals surface area contributed by atoms with E-state index < -0.39 is 10.0 Å². The summed E-state index contributed by atoms with van der Waals surface area (Å²) in [7, 11) is -3.39. The summed E-state index contributed by atoms with van der Waals surface area (Å²) >= 11 is 0. The lowest BCUT2D eigenvalue weighted by Crippen LogP contribution is -2.61. The Morgan fingerprint density at radius 3 is 2.69 bits per heavy atom. The van der Waals surface area contributed by atoms with Crippen LogP contribution in [0.25, 0.3) is 10.9 Å². The molecule has 1 N–H and O–H groups in total. The van der Waals surface area contributed by atoms with Gasteiger partial charge in [0.05, 0.1) is 24.5 Å². The molecule has 0 unspecified atom stereocenters. The van der Waals surface area contributed by atoms with Gasteiger partial charge in [0.2, 0.25) is 15.9 Å². The van der Waals surface area contributed by atoms with Crippen molar-refractivity contribution in [2.24, 2.45) is 0 Å². The molecule has 1 aliphatic rings. The van der Waals surface area contributed by atoms with E-state index in [0.29, 0.717) is 31.6 Å². The van der Waals surface area contributed by atoms with Crippen LogP contribution in [0.4, 0.5) is 0 Å². The first kappa shape index (κ1) is 19.6. The van der Waals surface area contributed by atoms with Crippen LogP contribution in [0.2, 0.25) is 0 Å². The molecule has 7 nitrogen and oxygen atoms in total. The molecule has 3 aromatic rings. The molecule has 1 amide bonds.